The van der Waals surface area contributed by atoms with Crippen molar-refractivity contribution in [1.82, 2.24) is 5.32 Å². The summed E-state index contributed by atoms with van der Waals surface area (Å²) < 4.78 is 13.4. The van der Waals surface area contributed by atoms with Crippen LogP contribution in [0.3, 0.4) is 0 Å². The van der Waals surface area contributed by atoms with Gasteiger partial charge >= 0.3 is 0 Å². The Kier molecular flexibility index (Phi) is 6.31. The fourth-order valence-electron chi connectivity index (χ4n) is 2.93. The third-order valence-electron chi connectivity index (χ3n) is 4.68. The summed E-state index contributed by atoms with van der Waals surface area (Å²) in [7, 11) is 0. The summed E-state index contributed by atoms with van der Waals surface area (Å²) in [6.45, 7) is 5.48. The van der Waals surface area contributed by atoms with E-state index in [1.807, 2.05) is 51.1 Å². The second-order valence-electron chi connectivity index (χ2n) is 8.15. The topological polar surface area (TPSA) is 58.2 Å². The Morgan fingerprint density at radius 2 is 1.47 bits per heavy atom. The van der Waals surface area contributed by atoms with E-state index in [-0.39, 0.29) is 17.6 Å². The van der Waals surface area contributed by atoms with Crippen molar-refractivity contribution < 1.29 is 14.0 Å². The molecule has 3 rings (SSSR count). The lowest BCUT2D eigenvalue weighted by molar-refractivity contribution is -0.123. The normalized spacial score (nSPS) is 12.1. The number of benzene rings is 3. The molecule has 0 saturated heterocycles. The number of halogens is 1. The van der Waals surface area contributed by atoms with Gasteiger partial charge < -0.3 is 10.6 Å². The Labute approximate surface area is 176 Å². The van der Waals surface area contributed by atoms with E-state index in [0.717, 1.165) is 11.1 Å². The molecule has 0 aromatic heterocycles. The van der Waals surface area contributed by atoms with E-state index in [4.69, 9.17) is 0 Å². The maximum Gasteiger partial charge on any atom is 0.252 e. The zero-order chi connectivity index (χ0) is 21.7. The number of hydrogen-bond acceptors (Lipinski definition) is 2. The van der Waals surface area contributed by atoms with E-state index in [9.17, 15) is 14.0 Å². The monoisotopic (exact) mass is 404 g/mol. The van der Waals surface area contributed by atoms with Crippen LogP contribution in [0.1, 0.15) is 48.3 Å². The van der Waals surface area contributed by atoms with Gasteiger partial charge in [-0.25, -0.2) is 4.39 Å². The van der Waals surface area contributed by atoms with Gasteiger partial charge in [-0.3, -0.25) is 9.59 Å². The average molecular weight is 404 g/mol. The second kappa shape index (κ2) is 8.91. The molecular formula is C25H25FN2O2. The van der Waals surface area contributed by atoms with Crippen LogP contribution < -0.4 is 10.6 Å². The molecule has 0 aliphatic heterocycles. The summed E-state index contributed by atoms with van der Waals surface area (Å²) in [5.41, 5.74) is 2.09. The van der Waals surface area contributed by atoms with Crippen LogP contribution in [0, 0.1) is 11.2 Å². The Hall–Kier alpha value is -3.47. The van der Waals surface area contributed by atoms with Crippen LogP contribution in [-0.2, 0) is 4.79 Å². The largest absolute Gasteiger partial charge is 0.341 e. The lowest BCUT2D eigenvalue weighted by atomic mass is 9.95. The highest BCUT2D eigenvalue weighted by Gasteiger charge is 2.22. The third-order valence-corrected chi connectivity index (χ3v) is 4.68. The Bertz CT molecular complexity index is 1030. The predicted molar refractivity (Wildman–Crippen MR) is 117 cm³/mol. The first-order chi connectivity index (χ1) is 14.2. The van der Waals surface area contributed by atoms with Crippen molar-refractivity contribution in [3.8, 4) is 0 Å². The molecule has 1 atom stereocenters. The number of hydrogen-bond donors (Lipinski definition) is 2. The maximum atomic E-state index is 13.4. The van der Waals surface area contributed by atoms with Crippen LogP contribution in [-0.4, -0.2) is 11.8 Å². The number of nitrogens with one attached hydrogen (secondary N) is 2. The van der Waals surface area contributed by atoms with Gasteiger partial charge in [0.15, 0.2) is 0 Å². The fraction of sp³-hybridized carbons (Fsp3) is 0.200. The van der Waals surface area contributed by atoms with Crippen LogP contribution in [0.25, 0.3) is 0 Å². The molecule has 3 aromatic carbocycles. The molecule has 2 N–H and O–H groups in total. The zero-order valence-corrected chi connectivity index (χ0v) is 17.3. The Morgan fingerprint density at radius 1 is 0.833 bits per heavy atom. The number of carbonyl (C=O) groups excluding carboxylic acids is 2. The van der Waals surface area contributed by atoms with Gasteiger partial charge in [0.05, 0.1) is 6.04 Å². The lowest BCUT2D eigenvalue weighted by Crippen LogP contribution is -2.30. The van der Waals surface area contributed by atoms with E-state index in [0.29, 0.717) is 11.3 Å². The van der Waals surface area contributed by atoms with Crippen molar-refractivity contribution in [3.05, 3.63) is 101 Å². The van der Waals surface area contributed by atoms with Crippen LogP contribution in [0.15, 0.2) is 78.9 Å². The molecule has 0 heterocycles. The minimum absolute atomic E-state index is 0.131. The molecule has 0 fully saturated rings. The summed E-state index contributed by atoms with van der Waals surface area (Å²) in [6, 6.07) is 21.9. The van der Waals surface area contributed by atoms with Gasteiger partial charge in [0.2, 0.25) is 5.91 Å². The summed E-state index contributed by atoms with van der Waals surface area (Å²) in [5, 5.41) is 5.86. The molecule has 2 amide bonds. The minimum Gasteiger partial charge on any atom is -0.341 e. The Balaban J connectivity index is 1.85. The first-order valence-electron chi connectivity index (χ1n) is 9.77. The molecule has 30 heavy (non-hydrogen) atoms. The second-order valence-corrected chi connectivity index (χ2v) is 8.15. The van der Waals surface area contributed by atoms with Gasteiger partial charge in [-0.2, -0.15) is 0 Å². The SMILES string of the molecule is CC(C)(C)C(=O)Nc1cccc(C(=O)NC(c2ccccc2)c2ccc(F)cc2)c1. The highest BCUT2D eigenvalue weighted by atomic mass is 19.1. The molecule has 154 valence electrons. The molecule has 5 heteroatoms. The van der Waals surface area contributed by atoms with Crippen molar-refractivity contribution in [2.24, 2.45) is 5.41 Å². The van der Waals surface area contributed by atoms with Crippen LogP contribution in [0.2, 0.25) is 0 Å². The molecule has 0 saturated carbocycles. The van der Waals surface area contributed by atoms with Gasteiger partial charge in [-0.05, 0) is 41.5 Å². The molecule has 3 aromatic rings. The van der Waals surface area contributed by atoms with Crippen molar-refractivity contribution in [1.29, 1.82) is 0 Å². The van der Waals surface area contributed by atoms with E-state index in [2.05, 4.69) is 10.6 Å². The molecule has 0 radical (unpaired) electrons. The summed E-state index contributed by atoms with van der Waals surface area (Å²) in [6.07, 6.45) is 0. The summed E-state index contributed by atoms with van der Waals surface area (Å²) in [4.78, 5) is 25.3. The maximum absolute atomic E-state index is 13.4. The molecule has 0 aliphatic rings. The molecule has 4 nitrogen and oxygen atoms in total. The standard InChI is InChI=1S/C25H25FN2O2/c1-25(2,3)24(30)27-21-11-7-10-19(16-21)23(29)28-22(17-8-5-4-6-9-17)18-12-14-20(26)15-13-18/h4-16,22H,1-3H3,(H,27,30)(H,28,29). The highest BCUT2D eigenvalue weighted by Crippen LogP contribution is 2.24. The van der Waals surface area contributed by atoms with Crippen LogP contribution >= 0.6 is 0 Å². The first-order valence-corrected chi connectivity index (χ1v) is 9.77. The van der Waals surface area contributed by atoms with E-state index in [1.165, 1.54) is 12.1 Å². The summed E-state index contributed by atoms with van der Waals surface area (Å²) >= 11 is 0. The van der Waals surface area contributed by atoms with Gasteiger partial charge in [-0.1, -0.05) is 69.3 Å². The molecule has 0 bridgehead atoms. The van der Waals surface area contributed by atoms with Crippen LogP contribution in [0.5, 0.6) is 0 Å². The third kappa shape index (κ3) is 5.32. The zero-order valence-electron chi connectivity index (χ0n) is 17.3. The van der Waals surface area contributed by atoms with Crippen molar-refractivity contribution in [2.45, 2.75) is 26.8 Å². The van der Waals surface area contributed by atoms with E-state index < -0.39 is 11.5 Å². The molecular weight excluding hydrogens is 379 g/mol. The minimum atomic E-state index is -0.542. The van der Waals surface area contributed by atoms with Crippen molar-refractivity contribution >= 4 is 17.5 Å². The van der Waals surface area contributed by atoms with Gasteiger partial charge in [-0.15, -0.1) is 0 Å². The highest BCUT2D eigenvalue weighted by molar-refractivity contribution is 5.98. The molecule has 0 spiro atoms. The van der Waals surface area contributed by atoms with Crippen molar-refractivity contribution in [2.75, 3.05) is 5.32 Å². The van der Waals surface area contributed by atoms with Gasteiger partial charge in [0.25, 0.3) is 5.91 Å². The van der Waals surface area contributed by atoms with E-state index >= 15 is 0 Å². The quantitative estimate of drug-likeness (QED) is 0.604. The average Bonchev–Trinajstić information content (AvgIpc) is 2.73. The molecule has 0 aliphatic carbocycles. The first kappa shape index (κ1) is 21.2. The Morgan fingerprint density at radius 3 is 2.10 bits per heavy atom. The van der Waals surface area contributed by atoms with E-state index in [1.54, 1.807) is 36.4 Å². The van der Waals surface area contributed by atoms with Gasteiger partial charge in [0.1, 0.15) is 5.82 Å². The van der Waals surface area contributed by atoms with Crippen LogP contribution in [0.4, 0.5) is 10.1 Å². The fourth-order valence-corrected chi connectivity index (χ4v) is 2.93. The molecule has 1 unspecified atom stereocenters. The predicted octanol–water partition coefficient (Wildman–Crippen LogP) is 5.33. The summed E-state index contributed by atoms with van der Waals surface area (Å²) in [5.74, 6) is -0.757. The van der Waals surface area contributed by atoms with Crippen molar-refractivity contribution in [3.63, 3.8) is 0 Å². The van der Waals surface area contributed by atoms with Gasteiger partial charge in [0, 0.05) is 16.7 Å². The smallest absolute Gasteiger partial charge is 0.252 e. The lowest BCUT2D eigenvalue weighted by Gasteiger charge is -2.21. The number of carbonyl (C=O) groups is 2. The number of rotatable bonds is 5. The number of amides is 2. The number of anilines is 1.